The summed E-state index contributed by atoms with van der Waals surface area (Å²) in [4.78, 5) is 27.5. The van der Waals surface area contributed by atoms with Crippen LogP contribution in [0.3, 0.4) is 0 Å². The summed E-state index contributed by atoms with van der Waals surface area (Å²) >= 11 is 0. The van der Waals surface area contributed by atoms with Gasteiger partial charge in [0.15, 0.2) is 18.7 Å². The summed E-state index contributed by atoms with van der Waals surface area (Å²) in [6, 6.07) is 0. The molecule has 18 heteroatoms. The van der Waals surface area contributed by atoms with Crippen LogP contribution in [0.5, 0.6) is 0 Å². The lowest BCUT2D eigenvalue weighted by Gasteiger charge is -2.71. The minimum absolute atomic E-state index is 0.0649. The van der Waals surface area contributed by atoms with Crippen LogP contribution >= 0.6 is 0 Å². The van der Waals surface area contributed by atoms with Crippen molar-refractivity contribution in [2.75, 3.05) is 20.3 Å². The van der Waals surface area contributed by atoms with Gasteiger partial charge < -0.3 is 79.1 Å². The summed E-state index contributed by atoms with van der Waals surface area (Å²) in [6.45, 7) is 15.0. The number of aliphatic hydroxyl groups is 9. The van der Waals surface area contributed by atoms with Crippen LogP contribution in [-0.2, 0) is 42.7 Å². The van der Waals surface area contributed by atoms with Gasteiger partial charge in [-0.3, -0.25) is 4.79 Å². The first kappa shape index (κ1) is 50.5. The second-order valence-electron chi connectivity index (χ2n) is 23.2. The van der Waals surface area contributed by atoms with Crippen molar-refractivity contribution in [3.63, 3.8) is 0 Å². The van der Waals surface area contributed by atoms with E-state index in [1.165, 1.54) is 5.57 Å². The van der Waals surface area contributed by atoms with Gasteiger partial charge in [0, 0.05) is 0 Å². The summed E-state index contributed by atoms with van der Waals surface area (Å²) in [5, 5.41) is 95.2. The molecule has 0 aromatic heterocycles. The van der Waals surface area contributed by atoms with Crippen LogP contribution in [0.4, 0.5) is 0 Å². The van der Waals surface area contributed by atoms with E-state index in [1.54, 1.807) is 0 Å². The number of carbonyl (C=O) groups is 2. The van der Waals surface area contributed by atoms with E-state index in [1.807, 2.05) is 0 Å². The van der Waals surface area contributed by atoms with Crippen molar-refractivity contribution in [3.05, 3.63) is 11.6 Å². The maximum atomic E-state index is 14.7. The largest absolute Gasteiger partial charge is 0.467 e. The Morgan fingerprint density at radius 1 is 0.712 bits per heavy atom. The lowest BCUT2D eigenvalue weighted by molar-refractivity contribution is -0.366. The number of hydrogen-bond acceptors (Lipinski definition) is 18. The highest BCUT2D eigenvalue weighted by molar-refractivity contribution is 5.79. The highest BCUT2D eigenvalue weighted by atomic mass is 16.8. The fourth-order valence-corrected chi connectivity index (χ4v) is 14.8. The van der Waals surface area contributed by atoms with Gasteiger partial charge in [0.05, 0.1) is 31.8 Å². The number of hydrogen-bond donors (Lipinski definition) is 9. The second kappa shape index (κ2) is 17.8. The maximum Gasteiger partial charge on any atom is 0.337 e. The Bertz CT molecular complexity index is 1840. The predicted molar refractivity (Wildman–Crippen MR) is 229 cm³/mol. The molecule has 8 rings (SSSR count). The first-order chi connectivity index (χ1) is 30.8. The molecule has 0 aromatic carbocycles. The number of methoxy groups -OCH3 is 1. The van der Waals surface area contributed by atoms with Gasteiger partial charge >= 0.3 is 11.9 Å². The average molecular weight is 941 g/mol. The van der Waals surface area contributed by atoms with Crippen molar-refractivity contribution in [2.45, 2.75) is 205 Å². The van der Waals surface area contributed by atoms with Gasteiger partial charge in [0.25, 0.3) is 0 Å². The number of allylic oxidation sites excluding steroid dienone is 2. The van der Waals surface area contributed by atoms with Crippen molar-refractivity contribution >= 4 is 11.9 Å². The molecule has 5 aliphatic carbocycles. The number of fused-ring (bicyclic) bond motifs is 7. The summed E-state index contributed by atoms with van der Waals surface area (Å²) in [6.07, 6.45) is -12.8. The molecule has 22 atom stereocenters. The summed E-state index contributed by atoms with van der Waals surface area (Å²) < 4.78 is 40.9. The number of ether oxygens (including phenoxy) is 7. The maximum absolute atomic E-state index is 14.7. The molecular weight excluding hydrogens is 865 g/mol. The van der Waals surface area contributed by atoms with Gasteiger partial charge in [0.2, 0.25) is 6.29 Å². The number of esters is 2. The molecular formula is C48H76O18. The predicted octanol–water partition coefficient (Wildman–Crippen LogP) is 0.960. The van der Waals surface area contributed by atoms with Crippen LogP contribution in [0, 0.1) is 50.2 Å². The number of rotatable bonds is 8. The van der Waals surface area contributed by atoms with E-state index in [0.717, 1.165) is 52.1 Å². The van der Waals surface area contributed by atoms with Crippen molar-refractivity contribution in [3.8, 4) is 0 Å². The molecule has 66 heavy (non-hydrogen) atoms. The normalized spacial score (nSPS) is 52.0. The Morgan fingerprint density at radius 3 is 2.08 bits per heavy atom. The van der Waals surface area contributed by atoms with Crippen molar-refractivity contribution in [1.82, 2.24) is 0 Å². The van der Waals surface area contributed by atoms with Crippen molar-refractivity contribution < 1.29 is 88.7 Å². The Morgan fingerprint density at radius 2 is 1.39 bits per heavy atom. The van der Waals surface area contributed by atoms with E-state index in [9.17, 15) is 55.5 Å². The highest BCUT2D eigenvalue weighted by Gasteiger charge is 2.70. The first-order valence-electron chi connectivity index (χ1n) is 24.1. The molecule has 18 nitrogen and oxygen atoms in total. The summed E-state index contributed by atoms with van der Waals surface area (Å²) in [7, 11) is 1.13. The average Bonchev–Trinajstić information content (AvgIpc) is 3.26. The molecule has 0 aromatic rings. The fourth-order valence-electron chi connectivity index (χ4n) is 14.8. The van der Waals surface area contributed by atoms with Gasteiger partial charge in [-0.15, -0.1) is 0 Å². The van der Waals surface area contributed by atoms with E-state index in [0.29, 0.717) is 19.3 Å². The minimum atomic E-state index is -1.79. The van der Waals surface area contributed by atoms with Crippen LogP contribution in [-0.4, -0.2) is 170 Å². The zero-order valence-corrected chi connectivity index (χ0v) is 39.7. The van der Waals surface area contributed by atoms with Gasteiger partial charge in [-0.2, -0.15) is 0 Å². The molecule has 0 radical (unpaired) electrons. The minimum Gasteiger partial charge on any atom is -0.467 e. The van der Waals surface area contributed by atoms with E-state index in [-0.39, 0.29) is 46.0 Å². The van der Waals surface area contributed by atoms with Gasteiger partial charge in [-0.25, -0.2) is 4.79 Å². The van der Waals surface area contributed by atoms with Crippen molar-refractivity contribution in [1.29, 1.82) is 0 Å². The third-order valence-electron chi connectivity index (χ3n) is 19.1. The van der Waals surface area contributed by atoms with Gasteiger partial charge in [-0.1, -0.05) is 60.1 Å². The molecule has 0 bridgehead atoms. The van der Waals surface area contributed by atoms with Gasteiger partial charge in [-0.05, 0) is 109 Å². The van der Waals surface area contributed by atoms with E-state index in [2.05, 4.69) is 54.5 Å². The summed E-state index contributed by atoms with van der Waals surface area (Å²) in [5.74, 6) is -1.18. The molecule has 376 valence electrons. The molecule has 7 fully saturated rings. The Kier molecular flexibility index (Phi) is 13.6. The van der Waals surface area contributed by atoms with Crippen LogP contribution in [0.15, 0.2) is 11.6 Å². The van der Waals surface area contributed by atoms with Crippen LogP contribution in [0.1, 0.15) is 113 Å². The van der Waals surface area contributed by atoms with Crippen LogP contribution in [0.25, 0.3) is 0 Å². The molecule has 0 unspecified atom stereocenters. The SMILES string of the molecule is COC(=O)[C@H]1O[C@@H](O[C@H]2CC[C@]3(C)[C@H]4CC=C5[C@@H]6CC(C)(C)CC[C@]6(C(=O)O[C@@H]6O[C@H](CO)[C@@H](O)[C@H](O)[C@H]6O)CC[C@@]5(C)[C@]4(C)CC[C@H]3C2(C)C)[C@H](O[C@@H]2OC[C@H](O)[C@H](O)[C@H]2O)[C@@H](O)[C@@H]1O. The molecule has 4 saturated carbocycles. The molecule has 0 spiro atoms. The van der Waals surface area contributed by atoms with E-state index >= 15 is 0 Å². The standard InChI is InChI=1S/C48H76O18/c1-43(2)15-17-48(42(59)66-40-35(57)31(53)30(52)25(20-49)62-40)18-16-46(6)22(23(48)19-43)9-10-27-45(5)13-12-28(44(3,4)26(45)11-14-47(27,46)7)63-41-37(33(55)32(54)36(64-41)38(58)60-8)65-39-34(56)29(51)24(50)21-61-39/h9,23-37,39-41,49-57H,10-21H2,1-8H3/t23-,24-,25+,26-,27+,28-,29-,30+,31-,32-,33-,34+,35+,36-,37+,39-,40-,41+,45-,46+,47+,48-/m0/s1. The molecule has 3 saturated heterocycles. The first-order valence-corrected chi connectivity index (χ1v) is 24.1. The molecule has 0 amide bonds. The zero-order chi connectivity index (χ0) is 48.3. The smallest absolute Gasteiger partial charge is 0.337 e. The molecule has 3 heterocycles. The van der Waals surface area contributed by atoms with Crippen LogP contribution < -0.4 is 0 Å². The van der Waals surface area contributed by atoms with Gasteiger partial charge in [0.1, 0.15) is 61.0 Å². The third kappa shape index (κ3) is 7.83. The Hall–Kier alpha value is -1.88. The monoisotopic (exact) mass is 941 g/mol. The Labute approximate surface area is 386 Å². The van der Waals surface area contributed by atoms with Crippen LogP contribution in [0.2, 0.25) is 0 Å². The molecule has 8 aliphatic rings. The molecule has 3 aliphatic heterocycles. The van der Waals surface area contributed by atoms with E-state index < -0.39 is 121 Å². The van der Waals surface area contributed by atoms with Crippen molar-refractivity contribution in [2.24, 2.45) is 50.2 Å². The molecule has 9 N–H and O–H groups in total. The quantitative estimate of drug-likeness (QED) is 0.0931. The fraction of sp³-hybridized carbons (Fsp3) is 0.917. The second-order valence-corrected chi connectivity index (χ2v) is 23.2. The van der Waals surface area contributed by atoms with E-state index in [4.69, 9.17) is 33.2 Å². The topological polar surface area (TPSA) is 281 Å². The number of aliphatic hydroxyl groups excluding tert-OH is 9. The lowest BCUT2D eigenvalue weighted by Crippen LogP contribution is -2.67. The third-order valence-corrected chi connectivity index (χ3v) is 19.1. The number of carbonyl (C=O) groups excluding carboxylic acids is 2. The summed E-state index contributed by atoms with van der Waals surface area (Å²) in [5.41, 5.74) is -0.803. The zero-order valence-electron chi connectivity index (χ0n) is 39.7. The lowest BCUT2D eigenvalue weighted by atomic mass is 9.33. The highest BCUT2D eigenvalue weighted by Crippen LogP contribution is 2.76. The Balaban J connectivity index is 1.05.